The molecule has 2 nitrogen and oxygen atoms in total. The minimum absolute atomic E-state index is 0.294. The third-order valence-electron chi connectivity index (χ3n) is 2.07. The number of carbonyl (C=O) groups is 1. The molecule has 0 saturated carbocycles. The van der Waals surface area contributed by atoms with Gasteiger partial charge in [-0.2, -0.15) is 0 Å². The molecule has 1 aliphatic rings. The Hall–Kier alpha value is -0.890. The number of hydrogen-bond donors (Lipinski definition) is 0. The summed E-state index contributed by atoms with van der Waals surface area (Å²) in [6.45, 7) is 2.18. The van der Waals surface area contributed by atoms with Crippen LogP contribution in [0.25, 0.3) is 0 Å². The first-order chi connectivity index (χ1) is 6.38. The molecule has 0 N–H and O–H groups in total. The molecule has 0 amide bonds. The summed E-state index contributed by atoms with van der Waals surface area (Å²) in [5.74, 6) is 0. The van der Waals surface area contributed by atoms with Gasteiger partial charge in [-0.3, -0.25) is 4.79 Å². The minimum Gasteiger partial charge on any atom is -0.365 e. The van der Waals surface area contributed by atoms with Gasteiger partial charge in [0.25, 0.3) is 0 Å². The molecule has 1 rings (SSSR count). The lowest BCUT2D eigenvalue weighted by molar-refractivity contribution is -0.104. The van der Waals surface area contributed by atoms with Gasteiger partial charge in [0, 0.05) is 0 Å². The van der Waals surface area contributed by atoms with Crippen molar-refractivity contribution in [3.63, 3.8) is 0 Å². The SMILES string of the molecule is CCCCC1OC1/C=C\C=C\C=O. The van der Waals surface area contributed by atoms with Gasteiger partial charge >= 0.3 is 0 Å². The summed E-state index contributed by atoms with van der Waals surface area (Å²) in [4.78, 5) is 9.92. The molecule has 72 valence electrons. The Morgan fingerprint density at radius 2 is 2.15 bits per heavy atom. The molecule has 2 heteroatoms. The minimum atomic E-state index is 0.294. The van der Waals surface area contributed by atoms with Gasteiger partial charge in [-0.1, -0.05) is 38.0 Å². The second kappa shape index (κ2) is 5.70. The quantitative estimate of drug-likeness (QED) is 0.271. The van der Waals surface area contributed by atoms with Crippen molar-refractivity contribution >= 4 is 6.29 Å². The molecule has 1 heterocycles. The van der Waals surface area contributed by atoms with Crippen LogP contribution in [0.2, 0.25) is 0 Å². The lowest BCUT2D eigenvalue weighted by Crippen LogP contribution is -1.89. The summed E-state index contributed by atoms with van der Waals surface area (Å²) in [7, 11) is 0. The number of unbranched alkanes of at least 4 members (excludes halogenated alkanes) is 1. The van der Waals surface area contributed by atoms with Crippen molar-refractivity contribution in [1.82, 2.24) is 0 Å². The molecule has 1 fully saturated rings. The first kappa shape index (κ1) is 10.2. The number of epoxide rings is 1. The van der Waals surface area contributed by atoms with Crippen LogP contribution >= 0.6 is 0 Å². The van der Waals surface area contributed by atoms with E-state index in [2.05, 4.69) is 6.92 Å². The standard InChI is InChI=1S/C11H16O2/c1-2-3-7-10-11(13-10)8-5-4-6-9-12/h4-6,8-11H,2-3,7H2,1H3/b6-4+,8-5-. The summed E-state index contributed by atoms with van der Waals surface area (Å²) >= 11 is 0. The monoisotopic (exact) mass is 180 g/mol. The van der Waals surface area contributed by atoms with E-state index in [0.29, 0.717) is 12.2 Å². The summed E-state index contributed by atoms with van der Waals surface area (Å²) < 4.78 is 5.39. The first-order valence-corrected chi connectivity index (χ1v) is 4.82. The highest BCUT2D eigenvalue weighted by molar-refractivity contribution is 5.65. The third kappa shape index (κ3) is 4.04. The second-order valence-corrected chi connectivity index (χ2v) is 3.19. The van der Waals surface area contributed by atoms with E-state index < -0.39 is 0 Å². The number of rotatable bonds is 6. The average Bonchev–Trinajstić information content (AvgIpc) is 2.88. The molecule has 0 aromatic carbocycles. The largest absolute Gasteiger partial charge is 0.365 e. The molecule has 0 bridgehead atoms. The molecule has 13 heavy (non-hydrogen) atoms. The van der Waals surface area contributed by atoms with Crippen LogP contribution < -0.4 is 0 Å². The Balaban J connectivity index is 2.09. The van der Waals surface area contributed by atoms with Crippen molar-refractivity contribution in [3.8, 4) is 0 Å². The highest BCUT2D eigenvalue weighted by Gasteiger charge is 2.34. The van der Waals surface area contributed by atoms with Crippen LogP contribution in [0.1, 0.15) is 26.2 Å². The molecule has 1 saturated heterocycles. The maximum absolute atomic E-state index is 9.92. The summed E-state index contributed by atoms with van der Waals surface area (Å²) in [6.07, 6.45) is 12.2. The van der Waals surface area contributed by atoms with Crippen molar-refractivity contribution in [3.05, 3.63) is 24.3 Å². The van der Waals surface area contributed by atoms with Crippen LogP contribution in [0.5, 0.6) is 0 Å². The highest BCUT2D eigenvalue weighted by atomic mass is 16.6. The molecule has 0 aliphatic carbocycles. The van der Waals surface area contributed by atoms with E-state index in [4.69, 9.17) is 4.74 Å². The zero-order valence-corrected chi connectivity index (χ0v) is 7.98. The van der Waals surface area contributed by atoms with Gasteiger partial charge in [0.05, 0.1) is 6.10 Å². The number of hydrogen-bond acceptors (Lipinski definition) is 2. The van der Waals surface area contributed by atoms with Crippen molar-refractivity contribution in [1.29, 1.82) is 0 Å². The fraction of sp³-hybridized carbons (Fsp3) is 0.545. The van der Waals surface area contributed by atoms with Crippen LogP contribution in [0, 0.1) is 0 Å². The maximum atomic E-state index is 9.92. The van der Waals surface area contributed by atoms with Crippen molar-refractivity contribution < 1.29 is 9.53 Å². The molecule has 1 aliphatic heterocycles. The molecular formula is C11H16O2. The average molecular weight is 180 g/mol. The van der Waals surface area contributed by atoms with E-state index >= 15 is 0 Å². The number of ether oxygens (including phenoxy) is 1. The normalized spacial score (nSPS) is 27.2. The molecule has 2 atom stereocenters. The van der Waals surface area contributed by atoms with Crippen molar-refractivity contribution in [2.24, 2.45) is 0 Å². The van der Waals surface area contributed by atoms with Crippen molar-refractivity contribution in [2.45, 2.75) is 38.4 Å². The van der Waals surface area contributed by atoms with Gasteiger partial charge in [0.2, 0.25) is 0 Å². The van der Waals surface area contributed by atoms with Gasteiger partial charge in [-0.15, -0.1) is 0 Å². The lowest BCUT2D eigenvalue weighted by Gasteiger charge is -1.88. The fourth-order valence-electron chi connectivity index (χ4n) is 1.25. The molecular weight excluding hydrogens is 164 g/mol. The Morgan fingerprint density at radius 1 is 1.31 bits per heavy atom. The molecule has 0 aromatic heterocycles. The Kier molecular flexibility index (Phi) is 4.47. The Bertz CT molecular complexity index is 206. The topological polar surface area (TPSA) is 29.6 Å². The fourth-order valence-corrected chi connectivity index (χ4v) is 1.25. The Labute approximate surface area is 79.3 Å². The maximum Gasteiger partial charge on any atom is 0.142 e. The van der Waals surface area contributed by atoms with E-state index in [9.17, 15) is 4.79 Å². The third-order valence-corrected chi connectivity index (χ3v) is 2.07. The second-order valence-electron chi connectivity index (χ2n) is 3.19. The summed E-state index contributed by atoms with van der Waals surface area (Å²) in [5.41, 5.74) is 0. The van der Waals surface area contributed by atoms with Crippen LogP contribution in [0.4, 0.5) is 0 Å². The van der Waals surface area contributed by atoms with E-state index in [1.54, 1.807) is 6.08 Å². The zero-order chi connectivity index (χ0) is 9.52. The van der Waals surface area contributed by atoms with Crippen molar-refractivity contribution in [2.75, 3.05) is 0 Å². The van der Waals surface area contributed by atoms with E-state index in [-0.39, 0.29) is 0 Å². The molecule has 2 unspecified atom stereocenters. The van der Waals surface area contributed by atoms with Gasteiger partial charge < -0.3 is 4.74 Å². The van der Waals surface area contributed by atoms with E-state index in [1.165, 1.54) is 18.9 Å². The zero-order valence-electron chi connectivity index (χ0n) is 7.98. The van der Waals surface area contributed by atoms with Crippen LogP contribution in [-0.2, 0) is 9.53 Å². The van der Waals surface area contributed by atoms with Crippen LogP contribution in [0.3, 0.4) is 0 Å². The van der Waals surface area contributed by atoms with Crippen LogP contribution in [-0.4, -0.2) is 18.5 Å². The molecule has 0 spiro atoms. The first-order valence-electron chi connectivity index (χ1n) is 4.82. The molecule has 0 aromatic rings. The van der Waals surface area contributed by atoms with Gasteiger partial charge in [-0.05, 0) is 12.5 Å². The van der Waals surface area contributed by atoms with E-state index in [0.717, 1.165) is 12.7 Å². The summed E-state index contributed by atoms with van der Waals surface area (Å²) in [6, 6.07) is 0. The smallest absolute Gasteiger partial charge is 0.142 e. The molecule has 0 radical (unpaired) electrons. The number of carbonyl (C=O) groups excluding carboxylic acids is 1. The lowest BCUT2D eigenvalue weighted by atomic mass is 10.1. The van der Waals surface area contributed by atoms with Gasteiger partial charge in [0.1, 0.15) is 12.4 Å². The number of aldehydes is 1. The Morgan fingerprint density at radius 3 is 2.85 bits per heavy atom. The highest BCUT2D eigenvalue weighted by Crippen LogP contribution is 2.27. The van der Waals surface area contributed by atoms with Crippen LogP contribution in [0.15, 0.2) is 24.3 Å². The number of allylic oxidation sites excluding steroid dienone is 3. The van der Waals surface area contributed by atoms with Gasteiger partial charge in [-0.25, -0.2) is 0 Å². The van der Waals surface area contributed by atoms with E-state index in [1.807, 2.05) is 12.2 Å². The van der Waals surface area contributed by atoms with Gasteiger partial charge in [0.15, 0.2) is 0 Å². The predicted octanol–water partition coefficient (Wildman–Crippen LogP) is 2.26. The predicted molar refractivity (Wildman–Crippen MR) is 52.5 cm³/mol. The summed E-state index contributed by atoms with van der Waals surface area (Å²) in [5, 5.41) is 0.